The van der Waals surface area contributed by atoms with Gasteiger partial charge in [0.25, 0.3) is 0 Å². The highest BCUT2D eigenvalue weighted by atomic mass is 16.3. The number of phenols is 2. The summed E-state index contributed by atoms with van der Waals surface area (Å²) in [6.07, 6.45) is 5.87. The smallest absolute Gasteiger partial charge is 0.222 e. The summed E-state index contributed by atoms with van der Waals surface area (Å²) >= 11 is 0. The number of likely N-dealkylation sites (tertiary alicyclic amines) is 2. The SMILES string of the molecule is O=C(CCc1ccc(O)c(O)c1)N1CCC(N2CCCC2)CC1. The summed E-state index contributed by atoms with van der Waals surface area (Å²) in [5.41, 5.74) is 0.876. The third-order valence-electron chi connectivity index (χ3n) is 5.14. The molecule has 2 aliphatic rings. The first kappa shape index (κ1) is 16.1. The molecule has 23 heavy (non-hydrogen) atoms. The van der Waals surface area contributed by atoms with Gasteiger partial charge in [-0.05, 0) is 62.9 Å². The largest absolute Gasteiger partial charge is 0.504 e. The second-order valence-electron chi connectivity index (χ2n) is 6.68. The van der Waals surface area contributed by atoms with E-state index in [2.05, 4.69) is 4.90 Å². The summed E-state index contributed by atoms with van der Waals surface area (Å²) in [7, 11) is 0. The molecule has 1 aromatic rings. The minimum absolute atomic E-state index is 0.121. The average molecular weight is 318 g/mol. The first-order valence-electron chi connectivity index (χ1n) is 8.66. The molecule has 126 valence electrons. The van der Waals surface area contributed by atoms with E-state index in [-0.39, 0.29) is 17.4 Å². The van der Waals surface area contributed by atoms with E-state index in [9.17, 15) is 15.0 Å². The van der Waals surface area contributed by atoms with E-state index in [4.69, 9.17) is 0 Å². The minimum Gasteiger partial charge on any atom is -0.504 e. The molecule has 5 heteroatoms. The van der Waals surface area contributed by atoms with Crippen LogP contribution in [0.15, 0.2) is 18.2 Å². The van der Waals surface area contributed by atoms with Crippen LogP contribution in [0.4, 0.5) is 0 Å². The van der Waals surface area contributed by atoms with Gasteiger partial charge in [0.2, 0.25) is 5.91 Å². The van der Waals surface area contributed by atoms with Crippen molar-refractivity contribution >= 4 is 5.91 Å². The van der Waals surface area contributed by atoms with Gasteiger partial charge in [-0.15, -0.1) is 0 Å². The Morgan fingerprint density at radius 3 is 2.39 bits per heavy atom. The Hall–Kier alpha value is -1.75. The molecule has 0 aromatic heterocycles. The molecule has 2 fully saturated rings. The summed E-state index contributed by atoms with van der Waals surface area (Å²) in [4.78, 5) is 16.9. The van der Waals surface area contributed by atoms with Gasteiger partial charge >= 0.3 is 0 Å². The molecule has 2 saturated heterocycles. The predicted octanol–water partition coefficient (Wildman–Crippen LogP) is 2.12. The fourth-order valence-corrected chi connectivity index (χ4v) is 3.72. The zero-order chi connectivity index (χ0) is 16.2. The first-order chi connectivity index (χ1) is 11.1. The number of phenolic OH excluding ortho intramolecular Hbond substituents is 2. The lowest BCUT2D eigenvalue weighted by Crippen LogP contribution is -2.45. The molecule has 0 bridgehead atoms. The number of carbonyl (C=O) groups is 1. The maximum absolute atomic E-state index is 12.4. The van der Waals surface area contributed by atoms with Crippen molar-refractivity contribution in [3.05, 3.63) is 23.8 Å². The summed E-state index contributed by atoms with van der Waals surface area (Å²) < 4.78 is 0. The molecular weight excluding hydrogens is 292 g/mol. The van der Waals surface area contributed by atoms with E-state index in [1.807, 2.05) is 4.90 Å². The number of hydrogen-bond acceptors (Lipinski definition) is 4. The topological polar surface area (TPSA) is 64.0 Å². The normalized spacial score (nSPS) is 20.1. The molecule has 2 heterocycles. The van der Waals surface area contributed by atoms with E-state index < -0.39 is 0 Å². The highest BCUT2D eigenvalue weighted by Crippen LogP contribution is 2.26. The zero-order valence-corrected chi connectivity index (χ0v) is 13.6. The van der Waals surface area contributed by atoms with Crippen LogP contribution in [0.1, 0.15) is 37.7 Å². The van der Waals surface area contributed by atoms with E-state index in [0.717, 1.165) is 31.5 Å². The van der Waals surface area contributed by atoms with Gasteiger partial charge in [0.05, 0.1) is 0 Å². The Labute approximate surface area is 137 Å². The van der Waals surface area contributed by atoms with Crippen molar-refractivity contribution < 1.29 is 15.0 Å². The van der Waals surface area contributed by atoms with Crippen LogP contribution < -0.4 is 0 Å². The van der Waals surface area contributed by atoms with Crippen molar-refractivity contribution in [2.24, 2.45) is 0 Å². The van der Waals surface area contributed by atoms with Crippen LogP contribution >= 0.6 is 0 Å². The Morgan fingerprint density at radius 2 is 1.74 bits per heavy atom. The highest BCUT2D eigenvalue weighted by molar-refractivity contribution is 5.76. The quantitative estimate of drug-likeness (QED) is 0.835. The van der Waals surface area contributed by atoms with Crippen LogP contribution in [0.25, 0.3) is 0 Å². The Kier molecular flexibility index (Phi) is 5.06. The standard InChI is InChI=1S/C18H26N2O3/c21-16-5-3-14(13-17(16)22)4-6-18(23)20-11-7-15(8-12-20)19-9-1-2-10-19/h3,5,13,15,21-22H,1-2,4,6-12H2. The van der Waals surface area contributed by atoms with Crippen LogP contribution in [-0.2, 0) is 11.2 Å². The van der Waals surface area contributed by atoms with Gasteiger partial charge < -0.3 is 20.0 Å². The number of benzene rings is 1. The van der Waals surface area contributed by atoms with Gasteiger partial charge in [-0.2, -0.15) is 0 Å². The second kappa shape index (κ2) is 7.21. The van der Waals surface area contributed by atoms with E-state index in [1.165, 1.54) is 38.1 Å². The number of amides is 1. The lowest BCUT2D eigenvalue weighted by atomic mass is 10.0. The molecule has 1 aromatic carbocycles. The van der Waals surface area contributed by atoms with Gasteiger partial charge in [-0.3, -0.25) is 4.79 Å². The predicted molar refractivity (Wildman–Crippen MR) is 88.5 cm³/mol. The maximum Gasteiger partial charge on any atom is 0.222 e. The molecule has 0 atom stereocenters. The number of aromatic hydroxyl groups is 2. The van der Waals surface area contributed by atoms with Crippen molar-refractivity contribution in [1.29, 1.82) is 0 Å². The molecule has 3 rings (SSSR count). The van der Waals surface area contributed by atoms with E-state index in [0.29, 0.717) is 18.9 Å². The third kappa shape index (κ3) is 3.96. The molecule has 0 unspecified atom stereocenters. The summed E-state index contributed by atoms with van der Waals surface area (Å²) in [5, 5.41) is 18.8. The van der Waals surface area contributed by atoms with E-state index >= 15 is 0 Å². The number of nitrogens with zero attached hydrogens (tertiary/aromatic N) is 2. The molecule has 2 N–H and O–H groups in total. The number of hydrogen-bond donors (Lipinski definition) is 2. The van der Waals surface area contributed by atoms with Crippen molar-refractivity contribution in [2.75, 3.05) is 26.2 Å². The fraction of sp³-hybridized carbons (Fsp3) is 0.611. The fourth-order valence-electron chi connectivity index (χ4n) is 3.72. The number of carbonyl (C=O) groups excluding carboxylic acids is 1. The number of aryl methyl sites for hydroxylation is 1. The van der Waals surface area contributed by atoms with Crippen molar-refractivity contribution in [2.45, 2.75) is 44.6 Å². The third-order valence-corrected chi connectivity index (χ3v) is 5.14. The molecule has 5 nitrogen and oxygen atoms in total. The molecule has 2 aliphatic heterocycles. The van der Waals surface area contributed by atoms with Crippen LogP contribution in [0, 0.1) is 0 Å². The Morgan fingerprint density at radius 1 is 1.04 bits per heavy atom. The van der Waals surface area contributed by atoms with Crippen molar-refractivity contribution in [3.63, 3.8) is 0 Å². The molecular formula is C18H26N2O3. The summed E-state index contributed by atoms with van der Waals surface area (Å²) in [5.74, 6) is -0.0529. The Bertz CT molecular complexity index is 547. The highest BCUT2D eigenvalue weighted by Gasteiger charge is 2.27. The van der Waals surface area contributed by atoms with Crippen LogP contribution in [0.3, 0.4) is 0 Å². The van der Waals surface area contributed by atoms with Crippen molar-refractivity contribution in [1.82, 2.24) is 9.80 Å². The summed E-state index contributed by atoms with van der Waals surface area (Å²) in [6, 6.07) is 5.41. The van der Waals surface area contributed by atoms with Gasteiger partial charge in [0.15, 0.2) is 11.5 Å². The number of piperidine rings is 1. The first-order valence-corrected chi connectivity index (χ1v) is 8.66. The minimum atomic E-state index is -0.124. The molecule has 0 radical (unpaired) electrons. The average Bonchev–Trinajstić information content (AvgIpc) is 3.10. The molecule has 0 spiro atoms. The van der Waals surface area contributed by atoms with Crippen LogP contribution in [0.5, 0.6) is 11.5 Å². The lowest BCUT2D eigenvalue weighted by Gasteiger charge is -2.36. The number of rotatable bonds is 4. The zero-order valence-electron chi connectivity index (χ0n) is 13.6. The van der Waals surface area contributed by atoms with Gasteiger partial charge in [0, 0.05) is 25.6 Å². The lowest BCUT2D eigenvalue weighted by molar-refractivity contribution is -0.132. The molecule has 0 aliphatic carbocycles. The van der Waals surface area contributed by atoms with Gasteiger partial charge in [-0.1, -0.05) is 6.07 Å². The van der Waals surface area contributed by atoms with Crippen LogP contribution in [-0.4, -0.2) is 58.1 Å². The van der Waals surface area contributed by atoms with Gasteiger partial charge in [-0.25, -0.2) is 0 Å². The molecule has 0 saturated carbocycles. The Balaban J connectivity index is 1.44. The molecule has 1 amide bonds. The maximum atomic E-state index is 12.4. The van der Waals surface area contributed by atoms with Crippen LogP contribution in [0.2, 0.25) is 0 Å². The van der Waals surface area contributed by atoms with Gasteiger partial charge in [0.1, 0.15) is 0 Å². The second-order valence-corrected chi connectivity index (χ2v) is 6.68. The van der Waals surface area contributed by atoms with E-state index in [1.54, 1.807) is 6.07 Å². The summed E-state index contributed by atoms with van der Waals surface area (Å²) in [6.45, 7) is 4.17. The van der Waals surface area contributed by atoms with Crippen molar-refractivity contribution in [3.8, 4) is 11.5 Å². The monoisotopic (exact) mass is 318 g/mol.